The van der Waals surface area contributed by atoms with Crippen LogP contribution in [0.1, 0.15) is 19.4 Å². The van der Waals surface area contributed by atoms with Gasteiger partial charge in [0, 0.05) is 23.6 Å². The van der Waals surface area contributed by atoms with Gasteiger partial charge >= 0.3 is 0 Å². The summed E-state index contributed by atoms with van der Waals surface area (Å²) in [5, 5.41) is 17.9. The molecule has 10 nitrogen and oxygen atoms in total. The van der Waals surface area contributed by atoms with Crippen LogP contribution >= 0.6 is 27.3 Å². The third-order valence-corrected chi connectivity index (χ3v) is 6.63. The number of benzene rings is 1. The standard InChI is InChI=1S/C21H19BrN8O2S/c1-11(31)24-21-27-16-7-6-15(26-20(16)33-21)18-10-30(29-28-18)14-8-17(23-9-14)19(32)25-13-4-2-12(22)3-5-13/h2-7,10,14,17,23H,8-9H2,1H3,(H,25,32)(H,24,27,31)/t14-,17-/m0/s1. The SMILES string of the molecule is CC(=O)Nc1nc2ccc(-c3cn([C@@H]4CN[C@H](C(=O)Nc5ccc(Br)cc5)C4)nn3)nc2s1. The van der Waals surface area contributed by atoms with Gasteiger partial charge in [-0.15, -0.1) is 5.10 Å². The zero-order chi connectivity index (χ0) is 22.9. The summed E-state index contributed by atoms with van der Waals surface area (Å²) in [6.07, 6.45) is 2.44. The molecule has 1 aliphatic heterocycles. The lowest BCUT2D eigenvalue weighted by Gasteiger charge is -2.11. The summed E-state index contributed by atoms with van der Waals surface area (Å²) in [7, 11) is 0. The Morgan fingerprint density at radius 2 is 1.94 bits per heavy atom. The number of halogens is 1. The number of pyridine rings is 1. The Hall–Kier alpha value is -3.22. The molecule has 1 fully saturated rings. The normalized spacial score (nSPS) is 17.9. The van der Waals surface area contributed by atoms with Crippen molar-refractivity contribution < 1.29 is 9.59 Å². The van der Waals surface area contributed by atoms with Gasteiger partial charge in [0.05, 0.1) is 24.0 Å². The molecule has 1 aliphatic rings. The van der Waals surface area contributed by atoms with Gasteiger partial charge in [0.15, 0.2) is 5.13 Å². The van der Waals surface area contributed by atoms with Crippen molar-refractivity contribution in [3.05, 3.63) is 47.1 Å². The zero-order valence-corrected chi connectivity index (χ0v) is 19.9. The molecule has 12 heteroatoms. The van der Waals surface area contributed by atoms with Gasteiger partial charge < -0.3 is 16.0 Å². The van der Waals surface area contributed by atoms with Gasteiger partial charge in [0.1, 0.15) is 16.0 Å². The van der Waals surface area contributed by atoms with Crippen molar-refractivity contribution in [3.63, 3.8) is 0 Å². The number of rotatable bonds is 5. The van der Waals surface area contributed by atoms with Crippen molar-refractivity contribution >= 4 is 60.2 Å². The van der Waals surface area contributed by atoms with E-state index in [0.29, 0.717) is 39.8 Å². The Morgan fingerprint density at radius 1 is 1.12 bits per heavy atom. The first-order valence-electron chi connectivity index (χ1n) is 10.2. The lowest BCUT2D eigenvalue weighted by molar-refractivity contribution is -0.118. The molecule has 0 spiro atoms. The van der Waals surface area contributed by atoms with Crippen LogP contribution in [0.15, 0.2) is 47.1 Å². The summed E-state index contributed by atoms with van der Waals surface area (Å²) in [5.74, 6) is -0.251. The molecule has 2 atom stereocenters. The van der Waals surface area contributed by atoms with Crippen LogP contribution in [0.3, 0.4) is 0 Å². The van der Waals surface area contributed by atoms with E-state index in [-0.39, 0.29) is 23.9 Å². The van der Waals surface area contributed by atoms with Crippen LogP contribution < -0.4 is 16.0 Å². The summed E-state index contributed by atoms with van der Waals surface area (Å²) in [4.78, 5) is 33.6. The summed E-state index contributed by atoms with van der Waals surface area (Å²) >= 11 is 4.69. The molecule has 4 aromatic rings. The Labute approximate surface area is 200 Å². The Morgan fingerprint density at radius 3 is 2.73 bits per heavy atom. The molecule has 1 aromatic carbocycles. The molecular formula is C21H19BrN8O2S. The summed E-state index contributed by atoms with van der Waals surface area (Å²) < 4.78 is 2.73. The van der Waals surface area contributed by atoms with Crippen LogP contribution in [0.25, 0.3) is 21.7 Å². The number of hydrogen-bond acceptors (Lipinski definition) is 8. The van der Waals surface area contributed by atoms with E-state index in [1.54, 1.807) is 4.68 Å². The fraction of sp³-hybridized carbons (Fsp3) is 0.238. The second kappa shape index (κ2) is 8.96. The lowest BCUT2D eigenvalue weighted by Crippen LogP contribution is -2.35. The molecule has 0 unspecified atom stereocenters. The molecule has 3 N–H and O–H groups in total. The molecule has 2 amide bonds. The minimum atomic E-state index is -0.315. The largest absolute Gasteiger partial charge is 0.325 e. The van der Waals surface area contributed by atoms with E-state index in [9.17, 15) is 9.59 Å². The second-order valence-electron chi connectivity index (χ2n) is 7.65. The van der Waals surface area contributed by atoms with Gasteiger partial charge in [0.2, 0.25) is 11.8 Å². The number of fused-ring (bicyclic) bond motifs is 1. The minimum Gasteiger partial charge on any atom is -0.325 e. The zero-order valence-electron chi connectivity index (χ0n) is 17.4. The first kappa shape index (κ1) is 21.6. The topological polar surface area (TPSA) is 127 Å². The summed E-state index contributed by atoms with van der Waals surface area (Å²) in [6, 6.07) is 10.8. The first-order valence-corrected chi connectivity index (χ1v) is 11.8. The van der Waals surface area contributed by atoms with Crippen molar-refractivity contribution in [3.8, 4) is 11.4 Å². The maximum Gasteiger partial charge on any atom is 0.241 e. The molecule has 0 radical (unpaired) electrons. The molecule has 168 valence electrons. The maximum absolute atomic E-state index is 12.6. The minimum absolute atomic E-state index is 0.00502. The van der Waals surface area contributed by atoms with Gasteiger partial charge in [-0.05, 0) is 42.8 Å². The van der Waals surface area contributed by atoms with E-state index >= 15 is 0 Å². The Kier molecular flexibility index (Phi) is 5.87. The van der Waals surface area contributed by atoms with Gasteiger partial charge in [-0.1, -0.05) is 32.5 Å². The number of carbonyl (C=O) groups excluding carboxylic acids is 2. The molecule has 0 bridgehead atoms. The van der Waals surface area contributed by atoms with Crippen LogP contribution in [0.2, 0.25) is 0 Å². The quantitative estimate of drug-likeness (QED) is 0.364. The van der Waals surface area contributed by atoms with E-state index in [4.69, 9.17) is 0 Å². The number of thiazole rings is 1. The maximum atomic E-state index is 12.6. The molecule has 3 aromatic heterocycles. The summed E-state index contributed by atoms with van der Waals surface area (Å²) in [6.45, 7) is 2.05. The van der Waals surface area contributed by atoms with Crippen molar-refractivity contribution in [2.24, 2.45) is 0 Å². The average Bonchev–Trinajstić information content (AvgIpc) is 3.53. The van der Waals surface area contributed by atoms with Gasteiger partial charge in [-0.3, -0.25) is 9.59 Å². The highest BCUT2D eigenvalue weighted by Crippen LogP contribution is 2.28. The van der Waals surface area contributed by atoms with E-state index in [2.05, 4.69) is 52.2 Å². The van der Waals surface area contributed by atoms with Gasteiger partial charge in [0.25, 0.3) is 0 Å². The highest BCUT2D eigenvalue weighted by Gasteiger charge is 2.31. The molecule has 1 saturated heterocycles. The second-order valence-corrected chi connectivity index (χ2v) is 9.54. The van der Waals surface area contributed by atoms with Gasteiger partial charge in [-0.2, -0.15) is 0 Å². The van der Waals surface area contributed by atoms with Crippen molar-refractivity contribution in [2.75, 3.05) is 17.2 Å². The first-order chi connectivity index (χ1) is 15.9. The predicted molar refractivity (Wildman–Crippen MR) is 129 cm³/mol. The summed E-state index contributed by atoms with van der Waals surface area (Å²) in [5.41, 5.74) is 2.76. The number of carbonyl (C=O) groups is 2. The number of amides is 2. The van der Waals surface area contributed by atoms with Crippen molar-refractivity contribution in [2.45, 2.75) is 25.4 Å². The smallest absolute Gasteiger partial charge is 0.241 e. The van der Waals surface area contributed by atoms with Crippen molar-refractivity contribution in [1.82, 2.24) is 30.3 Å². The molecule has 0 aliphatic carbocycles. The molecular weight excluding hydrogens is 508 g/mol. The molecule has 33 heavy (non-hydrogen) atoms. The number of aromatic nitrogens is 5. The Balaban J connectivity index is 1.26. The van der Waals surface area contributed by atoms with Crippen LogP contribution in [-0.4, -0.2) is 49.4 Å². The van der Waals surface area contributed by atoms with E-state index in [1.807, 2.05) is 42.6 Å². The molecule has 4 heterocycles. The molecule has 0 saturated carbocycles. The lowest BCUT2D eigenvalue weighted by atomic mass is 10.1. The van der Waals surface area contributed by atoms with Crippen LogP contribution in [0, 0.1) is 0 Å². The fourth-order valence-electron chi connectivity index (χ4n) is 3.62. The van der Waals surface area contributed by atoms with E-state index in [1.165, 1.54) is 18.3 Å². The number of anilines is 2. The predicted octanol–water partition coefficient (Wildman–Crippen LogP) is 3.21. The third kappa shape index (κ3) is 4.77. The Bertz CT molecular complexity index is 1340. The number of hydrogen-bond donors (Lipinski definition) is 3. The monoisotopic (exact) mass is 526 g/mol. The number of nitrogens with zero attached hydrogens (tertiary/aromatic N) is 5. The highest BCUT2D eigenvalue weighted by atomic mass is 79.9. The van der Waals surface area contributed by atoms with E-state index < -0.39 is 0 Å². The van der Waals surface area contributed by atoms with Crippen LogP contribution in [0.4, 0.5) is 10.8 Å². The van der Waals surface area contributed by atoms with Crippen molar-refractivity contribution in [1.29, 1.82) is 0 Å². The third-order valence-electron chi connectivity index (χ3n) is 5.22. The number of nitrogens with one attached hydrogen (secondary N) is 3. The van der Waals surface area contributed by atoms with Crippen LogP contribution in [0.5, 0.6) is 0 Å². The average molecular weight is 527 g/mol. The highest BCUT2D eigenvalue weighted by molar-refractivity contribution is 9.10. The van der Waals surface area contributed by atoms with Gasteiger partial charge in [-0.25, -0.2) is 14.6 Å². The van der Waals surface area contributed by atoms with Crippen LogP contribution in [-0.2, 0) is 9.59 Å². The fourth-order valence-corrected chi connectivity index (χ4v) is 4.77. The van der Waals surface area contributed by atoms with E-state index in [0.717, 1.165) is 10.2 Å². The molecule has 5 rings (SSSR count).